The van der Waals surface area contributed by atoms with Crippen LogP contribution in [0.1, 0.15) is 62.9 Å². The quantitative estimate of drug-likeness (QED) is 0.798. The first kappa shape index (κ1) is 17.0. The molecule has 2 fully saturated rings. The molecule has 2 aliphatic rings. The Kier molecular flexibility index (Phi) is 4.85. The minimum Gasteiger partial charge on any atom is -0.464 e. The second kappa shape index (κ2) is 6.57. The highest BCUT2D eigenvalue weighted by Gasteiger charge is 2.37. The molecule has 23 heavy (non-hydrogen) atoms. The van der Waals surface area contributed by atoms with E-state index in [-0.39, 0.29) is 6.04 Å². The lowest BCUT2D eigenvalue weighted by atomic mass is 9.96. The van der Waals surface area contributed by atoms with Gasteiger partial charge in [-0.05, 0) is 37.3 Å². The van der Waals surface area contributed by atoms with Crippen molar-refractivity contribution in [1.29, 1.82) is 0 Å². The van der Waals surface area contributed by atoms with Gasteiger partial charge in [-0.25, -0.2) is 0 Å². The van der Waals surface area contributed by atoms with Crippen molar-refractivity contribution in [2.24, 2.45) is 5.92 Å². The van der Waals surface area contributed by atoms with Crippen molar-refractivity contribution in [3.05, 3.63) is 23.7 Å². The maximum atomic E-state index is 12.7. The summed E-state index contributed by atoms with van der Waals surface area (Å²) in [5.41, 5.74) is 0. The Labute approximate surface area is 139 Å². The van der Waals surface area contributed by atoms with Gasteiger partial charge >= 0.3 is 0 Å². The SMILES string of the molecule is CC1CC1c1ccc(CN(C)S(=O)(=O)N(C)C2CCCCC2)o1. The molecule has 0 spiro atoms. The molecule has 2 aliphatic carbocycles. The predicted octanol–water partition coefficient (Wildman–Crippen LogP) is 3.34. The molecule has 1 heterocycles. The molecule has 0 aliphatic heterocycles. The van der Waals surface area contributed by atoms with Crippen LogP contribution in [-0.4, -0.2) is 37.2 Å². The highest BCUT2D eigenvalue weighted by molar-refractivity contribution is 7.86. The fraction of sp³-hybridized carbons (Fsp3) is 0.765. The van der Waals surface area contributed by atoms with Gasteiger partial charge in [0.2, 0.25) is 0 Å². The van der Waals surface area contributed by atoms with Gasteiger partial charge < -0.3 is 4.42 Å². The van der Waals surface area contributed by atoms with E-state index in [2.05, 4.69) is 6.92 Å². The lowest BCUT2D eigenvalue weighted by Gasteiger charge is -2.32. The minimum atomic E-state index is -3.44. The van der Waals surface area contributed by atoms with Gasteiger partial charge in [0.05, 0.1) is 6.54 Å². The fourth-order valence-electron chi connectivity index (χ4n) is 3.55. The predicted molar refractivity (Wildman–Crippen MR) is 90.3 cm³/mol. The van der Waals surface area contributed by atoms with E-state index < -0.39 is 10.2 Å². The second-order valence-electron chi connectivity index (χ2n) is 7.20. The van der Waals surface area contributed by atoms with Gasteiger partial charge in [-0.1, -0.05) is 26.2 Å². The molecule has 0 aromatic carbocycles. The van der Waals surface area contributed by atoms with Crippen LogP contribution in [0, 0.1) is 5.92 Å². The normalized spacial score (nSPS) is 26.1. The van der Waals surface area contributed by atoms with E-state index in [1.165, 1.54) is 17.1 Å². The van der Waals surface area contributed by atoms with Crippen LogP contribution in [0.5, 0.6) is 0 Å². The van der Waals surface area contributed by atoms with Crippen molar-refractivity contribution >= 4 is 10.2 Å². The molecule has 1 aromatic heterocycles. The maximum Gasteiger partial charge on any atom is 0.282 e. The van der Waals surface area contributed by atoms with Crippen LogP contribution in [0.15, 0.2) is 16.5 Å². The van der Waals surface area contributed by atoms with Gasteiger partial charge in [-0.15, -0.1) is 0 Å². The van der Waals surface area contributed by atoms with Crippen molar-refractivity contribution in [2.75, 3.05) is 14.1 Å². The summed E-state index contributed by atoms with van der Waals surface area (Å²) < 4.78 is 34.3. The van der Waals surface area contributed by atoms with Gasteiger partial charge in [0, 0.05) is 26.1 Å². The molecule has 2 unspecified atom stereocenters. The molecule has 3 rings (SSSR count). The van der Waals surface area contributed by atoms with E-state index in [0.29, 0.717) is 18.4 Å². The second-order valence-corrected chi connectivity index (χ2v) is 9.29. The van der Waals surface area contributed by atoms with Crippen LogP contribution >= 0.6 is 0 Å². The van der Waals surface area contributed by atoms with Crippen LogP contribution in [-0.2, 0) is 16.8 Å². The average molecular weight is 340 g/mol. The average Bonchev–Trinajstić information content (AvgIpc) is 3.09. The molecule has 1 aromatic rings. The van der Waals surface area contributed by atoms with E-state index in [0.717, 1.165) is 37.2 Å². The third kappa shape index (κ3) is 3.64. The Morgan fingerprint density at radius 1 is 1.17 bits per heavy atom. The number of rotatable bonds is 6. The summed E-state index contributed by atoms with van der Waals surface area (Å²) in [6.07, 6.45) is 6.56. The van der Waals surface area contributed by atoms with E-state index in [4.69, 9.17) is 4.42 Å². The van der Waals surface area contributed by atoms with Gasteiger partial charge in [0.25, 0.3) is 10.2 Å². The summed E-state index contributed by atoms with van der Waals surface area (Å²) in [6.45, 7) is 2.50. The Balaban J connectivity index is 1.63. The zero-order valence-electron chi connectivity index (χ0n) is 14.4. The first-order chi connectivity index (χ1) is 10.9. The third-order valence-corrected chi connectivity index (χ3v) is 7.33. The summed E-state index contributed by atoms with van der Waals surface area (Å²) in [7, 11) is -0.0912. The molecule has 6 heteroatoms. The van der Waals surface area contributed by atoms with Crippen molar-refractivity contribution in [3.8, 4) is 0 Å². The zero-order chi connectivity index (χ0) is 16.6. The van der Waals surface area contributed by atoms with Crippen LogP contribution in [0.25, 0.3) is 0 Å². The lowest BCUT2D eigenvalue weighted by Crippen LogP contribution is -2.45. The van der Waals surface area contributed by atoms with Crippen LogP contribution in [0.3, 0.4) is 0 Å². The highest BCUT2D eigenvalue weighted by Crippen LogP contribution is 2.47. The molecule has 0 saturated heterocycles. The van der Waals surface area contributed by atoms with Crippen LogP contribution in [0.2, 0.25) is 0 Å². The lowest BCUT2D eigenvalue weighted by molar-refractivity contribution is 0.264. The number of hydrogen-bond donors (Lipinski definition) is 0. The first-order valence-electron chi connectivity index (χ1n) is 8.67. The molecule has 130 valence electrons. The van der Waals surface area contributed by atoms with E-state index >= 15 is 0 Å². The van der Waals surface area contributed by atoms with Crippen LogP contribution < -0.4 is 0 Å². The molecule has 0 N–H and O–H groups in total. The Morgan fingerprint density at radius 3 is 2.43 bits per heavy atom. The smallest absolute Gasteiger partial charge is 0.282 e. The summed E-state index contributed by atoms with van der Waals surface area (Å²) in [5.74, 6) is 2.93. The van der Waals surface area contributed by atoms with E-state index in [1.54, 1.807) is 18.4 Å². The van der Waals surface area contributed by atoms with Crippen molar-refractivity contribution in [3.63, 3.8) is 0 Å². The largest absolute Gasteiger partial charge is 0.464 e. The maximum absolute atomic E-state index is 12.7. The summed E-state index contributed by atoms with van der Waals surface area (Å²) in [4.78, 5) is 0. The summed E-state index contributed by atoms with van der Waals surface area (Å²) in [5, 5.41) is 0. The van der Waals surface area contributed by atoms with Crippen molar-refractivity contribution < 1.29 is 12.8 Å². The first-order valence-corrected chi connectivity index (χ1v) is 10.1. The molecule has 5 nitrogen and oxygen atoms in total. The Morgan fingerprint density at radius 2 is 1.83 bits per heavy atom. The van der Waals surface area contributed by atoms with Gasteiger partial charge in [0.1, 0.15) is 11.5 Å². The summed E-state index contributed by atoms with van der Waals surface area (Å²) >= 11 is 0. The van der Waals surface area contributed by atoms with Gasteiger partial charge in [0.15, 0.2) is 0 Å². The summed E-state index contributed by atoms with van der Waals surface area (Å²) in [6, 6.07) is 4.04. The molecule has 0 bridgehead atoms. The standard InChI is InChI=1S/C17H28N2O3S/c1-13-11-16(13)17-10-9-15(22-17)12-18(2)23(20,21)19(3)14-7-5-4-6-8-14/h9-10,13-14,16H,4-8,11-12H2,1-3H3. The van der Waals surface area contributed by atoms with E-state index in [1.807, 2.05) is 12.1 Å². The van der Waals surface area contributed by atoms with Gasteiger partial charge in [-0.3, -0.25) is 0 Å². The third-order valence-electron chi connectivity index (χ3n) is 5.38. The number of nitrogens with zero attached hydrogens (tertiary/aromatic N) is 2. The number of furan rings is 1. The van der Waals surface area contributed by atoms with E-state index in [9.17, 15) is 8.42 Å². The fourth-order valence-corrected chi connectivity index (χ4v) is 4.87. The Bertz CT molecular complexity index is 634. The molecule has 0 radical (unpaired) electrons. The van der Waals surface area contributed by atoms with Crippen LogP contribution in [0.4, 0.5) is 0 Å². The molecular weight excluding hydrogens is 312 g/mol. The Hall–Kier alpha value is -0.850. The molecular formula is C17H28N2O3S. The topological polar surface area (TPSA) is 53.8 Å². The van der Waals surface area contributed by atoms with Gasteiger partial charge in [-0.2, -0.15) is 17.0 Å². The van der Waals surface area contributed by atoms with Crippen molar-refractivity contribution in [2.45, 2.75) is 64.0 Å². The number of hydrogen-bond acceptors (Lipinski definition) is 3. The zero-order valence-corrected chi connectivity index (χ0v) is 15.2. The monoisotopic (exact) mass is 340 g/mol. The highest BCUT2D eigenvalue weighted by atomic mass is 32.2. The molecule has 0 amide bonds. The molecule has 2 saturated carbocycles. The van der Waals surface area contributed by atoms with Crippen molar-refractivity contribution in [1.82, 2.24) is 8.61 Å². The minimum absolute atomic E-state index is 0.135. The molecule has 2 atom stereocenters.